The second kappa shape index (κ2) is 6.86. The number of aliphatic hydroxyl groups is 1. The Hall–Kier alpha value is -0.370. The molecule has 0 spiro atoms. The van der Waals surface area contributed by atoms with E-state index in [1.807, 2.05) is 0 Å². The number of Topliss-reactive ketones (excluding diaryl/α,β-unsaturated/α-hetero) is 1. The Labute approximate surface area is 197 Å². The SMILES string of the molecule is C[C@H]1C(=O)CC[C@@H]2[C@]1(C)CCC1[C@@]2(C)CC[C@@]2(C)C3CC(C)(C)CC[C@]3(CO)CC[C@]12C. The molecule has 5 fully saturated rings. The Morgan fingerprint density at radius 3 is 2.06 bits per heavy atom. The van der Waals surface area contributed by atoms with Gasteiger partial charge in [0.1, 0.15) is 5.78 Å². The van der Waals surface area contributed by atoms with Crippen molar-refractivity contribution in [2.45, 2.75) is 119 Å². The van der Waals surface area contributed by atoms with Crippen LogP contribution in [-0.2, 0) is 4.79 Å². The number of hydrogen-bond acceptors (Lipinski definition) is 2. The lowest BCUT2D eigenvalue weighted by Gasteiger charge is -2.75. The van der Waals surface area contributed by atoms with Gasteiger partial charge in [0.15, 0.2) is 0 Å². The van der Waals surface area contributed by atoms with E-state index in [0.717, 1.165) is 18.8 Å². The number of carbonyl (C=O) groups is 1. The van der Waals surface area contributed by atoms with Crippen molar-refractivity contribution >= 4 is 5.78 Å². The summed E-state index contributed by atoms with van der Waals surface area (Å²) < 4.78 is 0. The lowest BCUT2D eigenvalue weighted by Crippen LogP contribution is -2.68. The van der Waals surface area contributed by atoms with Gasteiger partial charge in [0, 0.05) is 18.9 Å². The molecule has 0 aromatic rings. The van der Waals surface area contributed by atoms with Gasteiger partial charge >= 0.3 is 0 Å². The zero-order chi connectivity index (χ0) is 23.4. The average molecular weight is 443 g/mol. The van der Waals surface area contributed by atoms with Gasteiger partial charge in [-0.1, -0.05) is 48.5 Å². The van der Waals surface area contributed by atoms with Crippen molar-refractivity contribution in [3.63, 3.8) is 0 Å². The first-order valence-corrected chi connectivity index (χ1v) is 13.9. The van der Waals surface area contributed by atoms with Gasteiger partial charge in [-0.05, 0) is 114 Å². The molecule has 182 valence electrons. The van der Waals surface area contributed by atoms with E-state index in [2.05, 4.69) is 48.5 Å². The first kappa shape index (κ1) is 23.4. The number of aliphatic hydroxyl groups excluding tert-OH is 1. The van der Waals surface area contributed by atoms with Gasteiger partial charge < -0.3 is 5.11 Å². The summed E-state index contributed by atoms with van der Waals surface area (Å²) in [6, 6.07) is 0. The number of carbonyl (C=O) groups excluding carboxylic acids is 1. The molecule has 2 heteroatoms. The summed E-state index contributed by atoms with van der Waals surface area (Å²) in [4.78, 5) is 12.7. The third kappa shape index (κ3) is 2.71. The topological polar surface area (TPSA) is 37.3 Å². The van der Waals surface area contributed by atoms with E-state index in [4.69, 9.17) is 0 Å². The van der Waals surface area contributed by atoms with Gasteiger partial charge in [-0.3, -0.25) is 4.79 Å². The van der Waals surface area contributed by atoms with Gasteiger partial charge in [0.25, 0.3) is 0 Å². The minimum Gasteiger partial charge on any atom is -0.396 e. The van der Waals surface area contributed by atoms with E-state index in [-0.39, 0.29) is 16.7 Å². The van der Waals surface area contributed by atoms with E-state index in [1.165, 1.54) is 57.8 Å². The molecule has 0 saturated heterocycles. The fraction of sp³-hybridized carbons (Fsp3) is 0.967. The first-order valence-electron chi connectivity index (χ1n) is 13.9. The van der Waals surface area contributed by atoms with Gasteiger partial charge in [0.05, 0.1) is 0 Å². The minimum absolute atomic E-state index is 0.159. The van der Waals surface area contributed by atoms with Crippen LogP contribution in [0.2, 0.25) is 0 Å². The molecular weight excluding hydrogens is 392 g/mol. The average Bonchev–Trinajstić information content (AvgIpc) is 2.73. The molecule has 0 aromatic heterocycles. The third-order valence-electron chi connectivity index (χ3n) is 13.8. The smallest absolute Gasteiger partial charge is 0.136 e. The molecule has 5 aliphatic rings. The molecule has 0 radical (unpaired) electrons. The molecule has 5 aliphatic carbocycles. The molecule has 0 heterocycles. The molecule has 5 rings (SSSR count). The molecule has 0 aromatic carbocycles. The number of rotatable bonds is 1. The molecule has 5 saturated carbocycles. The Balaban J connectivity index is 1.55. The van der Waals surface area contributed by atoms with E-state index >= 15 is 0 Å². The van der Waals surface area contributed by atoms with E-state index in [1.54, 1.807) is 0 Å². The molecule has 9 atom stereocenters. The van der Waals surface area contributed by atoms with Crippen LogP contribution in [0.3, 0.4) is 0 Å². The van der Waals surface area contributed by atoms with E-state index in [9.17, 15) is 9.90 Å². The van der Waals surface area contributed by atoms with Crippen LogP contribution in [0.1, 0.15) is 119 Å². The lowest BCUT2D eigenvalue weighted by atomic mass is 9.30. The van der Waals surface area contributed by atoms with Crippen molar-refractivity contribution in [1.82, 2.24) is 0 Å². The Morgan fingerprint density at radius 1 is 0.750 bits per heavy atom. The Kier molecular flexibility index (Phi) is 5.01. The van der Waals surface area contributed by atoms with Gasteiger partial charge in [-0.25, -0.2) is 0 Å². The van der Waals surface area contributed by atoms with E-state index < -0.39 is 0 Å². The molecule has 0 bridgehead atoms. The van der Waals surface area contributed by atoms with Crippen LogP contribution in [0.5, 0.6) is 0 Å². The number of fused-ring (bicyclic) bond motifs is 7. The normalized spacial score (nSPS) is 57.1. The van der Waals surface area contributed by atoms with Crippen LogP contribution in [0, 0.1) is 56.2 Å². The van der Waals surface area contributed by atoms with E-state index in [0.29, 0.717) is 45.9 Å². The first-order chi connectivity index (χ1) is 14.8. The maximum atomic E-state index is 12.7. The molecule has 0 amide bonds. The van der Waals surface area contributed by atoms with Crippen molar-refractivity contribution in [3.05, 3.63) is 0 Å². The minimum atomic E-state index is 0.159. The summed E-state index contributed by atoms with van der Waals surface area (Å²) in [7, 11) is 0. The quantitative estimate of drug-likeness (QED) is 0.458. The summed E-state index contributed by atoms with van der Waals surface area (Å²) in [5.74, 6) is 2.84. The highest BCUT2D eigenvalue weighted by atomic mass is 16.3. The maximum Gasteiger partial charge on any atom is 0.136 e. The molecule has 2 unspecified atom stereocenters. The highest BCUT2D eigenvalue weighted by molar-refractivity contribution is 5.82. The standard InChI is InChI=1S/C30H50O2/c1-20-21(32)8-9-22-26(20,4)11-10-23-27(22,5)13-14-29(7)24-18-25(2,3)12-16-30(24,19-31)17-15-28(23,29)6/h20,22-24,31H,8-19H2,1-7H3/t20-,22+,23?,24?,26+,27-,28+,29-,30+/m0/s1. The number of hydrogen-bond donors (Lipinski definition) is 1. The summed E-state index contributed by atoms with van der Waals surface area (Å²) in [6.45, 7) is 18.0. The van der Waals surface area contributed by atoms with Crippen molar-refractivity contribution in [2.24, 2.45) is 56.2 Å². The highest BCUT2D eigenvalue weighted by Gasteiger charge is 2.71. The largest absolute Gasteiger partial charge is 0.396 e. The third-order valence-corrected chi connectivity index (χ3v) is 13.8. The predicted molar refractivity (Wildman–Crippen MR) is 131 cm³/mol. The van der Waals surface area contributed by atoms with Crippen LogP contribution < -0.4 is 0 Å². The summed E-state index contributed by atoms with van der Waals surface area (Å²) in [5.41, 5.74) is 1.78. The van der Waals surface area contributed by atoms with Gasteiger partial charge in [0.2, 0.25) is 0 Å². The molecular formula is C30H50O2. The van der Waals surface area contributed by atoms with Crippen molar-refractivity contribution in [2.75, 3.05) is 6.61 Å². The lowest BCUT2D eigenvalue weighted by molar-refractivity contribution is -0.263. The monoisotopic (exact) mass is 442 g/mol. The van der Waals surface area contributed by atoms with Crippen molar-refractivity contribution in [3.8, 4) is 0 Å². The van der Waals surface area contributed by atoms with Gasteiger partial charge in [-0.15, -0.1) is 0 Å². The van der Waals surface area contributed by atoms with Crippen LogP contribution in [-0.4, -0.2) is 17.5 Å². The van der Waals surface area contributed by atoms with Crippen LogP contribution in [0.15, 0.2) is 0 Å². The zero-order valence-electron chi connectivity index (χ0n) is 22.2. The van der Waals surface area contributed by atoms with Crippen LogP contribution in [0.25, 0.3) is 0 Å². The Morgan fingerprint density at radius 2 is 1.38 bits per heavy atom. The summed E-state index contributed by atoms with van der Waals surface area (Å²) >= 11 is 0. The van der Waals surface area contributed by atoms with Crippen molar-refractivity contribution < 1.29 is 9.90 Å². The Bertz CT molecular complexity index is 801. The molecule has 0 aliphatic heterocycles. The summed E-state index contributed by atoms with van der Waals surface area (Å²) in [6.07, 6.45) is 13.4. The highest BCUT2D eigenvalue weighted by Crippen LogP contribution is 2.78. The predicted octanol–water partition coefficient (Wildman–Crippen LogP) is 7.43. The van der Waals surface area contributed by atoms with Crippen molar-refractivity contribution in [1.29, 1.82) is 0 Å². The fourth-order valence-corrected chi connectivity index (χ4v) is 11.3. The molecule has 1 N–H and O–H groups in total. The maximum absolute atomic E-state index is 12.7. The number of ketones is 1. The van der Waals surface area contributed by atoms with Gasteiger partial charge in [-0.2, -0.15) is 0 Å². The van der Waals surface area contributed by atoms with Crippen LogP contribution in [0.4, 0.5) is 0 Å². The summed E-state index contributed by atoms with van der Waals surface area (Å²) in [5, 5.41) is 10.7. The molecule has 32 heavy (non-hydrogen) atoms. The van der Waals surface area contributed by atoms with Crippen LogP contribution >= 0.6 is 0 Å². The molecule has 2 nitrogen and oxygen atoms in total. The fourth-order valence-electron chi connectivity index (χ4n) is 11.3. The second-order valence-corrected chi connectivity index (χ2v) is 15.2. The zero-order valence-corrected chi connectivity index (χ0v) is 22.2. The second-order valence-electron chi connectivity index (χ2n) is 15.2.